The van der Waals surface area contributed by atoms with E-state index < -0.39 is 5.97 Å². The van der Waals surface area contributed by atoms with Crippen molar-refractivity contribution < 1.29 is 14.6 Å². The molecule has 2 rings (SSSR count). The lowest BCUT2D eigenvalue weighted by molar-refractivity contribution is 0.0523. The highest BCUT2D eigenvalue weighted by Crippen LogP contribution is 2.32. The molecule has 0 unspecified atom stereocenters. The molecule has 0 aliphatic carbocycles. The Labute approximate surface area is 119 Å². The first-order valence-electron chi connectivity index (χ1n) is 7.09. The number of phenols is 1. The highest BCUT2D eigenvalue weighted by atomic mass is 16.5. The van der Waals surface area contributed by atoms with Crippen LogP contribution in [0.3, 0.4) is 0 Å². The van der Waals surface area contributed by atoms with Gasteiger partial charge in [-0.2, -0.15) is 0 Å². The molecule has 0 spiro atoms. The van der Waals surface area contributed by atoms with Gasteiger partial charge in [-0.15, -0.1) is 0 Å². The molecule has 0 bridgehead atoms. The van der Waals surface area contributed by atoms with Gasteiger partial charge in [0.15, 0.2) is 0 Å². The van der Waals surface area contributed by atoms with E-state index in [1.165, 1.54) is 0 Å². The Bertz CT molecular complexity index is 617. The van der Waals surface area contributed by atoms with Gasteiger partial charge in [-0.25, -0.2) is 4.79 Å². The normalized spacial score (nSPS) is 10.7. The van der Waals surface area contributed by atoms with Crippen LogP contribution in [-0.2, 0) is 11.2 Å². The Hall–Kier alpha value is -2.03. The van der Waals surface area contributed by atoms with Crippen LogP contribution in [0.2, 0.25) is 0 Å². The van der Waals surface area contributed by atoms with Gasteiger partial charge >= 0.3 is 5.97 Å². The third kappa shape index (κ3) is 2.77. The monoisotopic (exact) mass is 272 g/mol. The molecular weight excluding hydrogens is 252 g/mol. The molecule has 0 radical (unpaired) electrons. The predicted octanol–water partition coefficient (Wildman–Crippen LogP) is 4.06. The van der Waals surface area contributed by atoms with Crippen molar-refractivity contribution in [3.05, 3.63) is 41.5 Å². The number of ether oxygens (including phenoxy) is 1. The van der Waals surface area contributed by atoms with Crippen molar-refractivity contribution in [1.82, 2.24) is 0 Å². The largest absolute Gasteiger partial charge is 0.506 e. The van der Waals surface area contributed by atoms with Crippen LogP contribution < -0.4 is 0 Å². The predicted molar refractivity (Wildman–Crippen MR) is 80.2 cm³/mol. The number of aromatic hydroxyl groups is 1. The summed E-state index contributed by atoms with van der Waals surface area (Å²) in [6.45, 7) is 4.19. The van der Waals surface area contributed by atoms with Gasteiger partial charge in [-0.3, -0.25) is 0 Å². The second kappa shape index (κ2) is 6.42. The maximum atomic E-state index is 12.0. The van der Waals surface area contributed by atoms with Gasteiger partial charge in [0.05, 0.1) is 6.61 Å². The van der Waals surface area contributed by atoms with Crippen LogP contribution in [0.25, 0.3) is 10.8 Å². The highest BCUT2D eigenvalue weighted by Gasteiger charge is 2.17. The lowest BCUT2D eigenvalue weighted by Gasteiger charge is -2.12. The van der Waals surface area contributed by atoms with Crippen molar-refractivity contribution >= 4 is 16.7 Å². The van der Waals surface area contributed by atoms with E-state index in [9.17, 15) is 9.90 Å². The zero-order valence-corrected chi connectivity index (χ0v) is 12.0. The van der Waals surface area contributed by atoms with Crippen molar-refractivity contribution in [2.24, 2.45) is 0 Å². The Balaban J connectivity index is 2.58. The van der Waals surface area contributed by atoms with Gasteiger partial charge in [-0.1, -0.05) is 37.6 Å². The van der Waals surface area contributed by atoms with Gasteiger partial charge < -0.3 is 9.84 Å². The standard InChI is InChI=1S/C17H20O3/c1-3-5-8-12-11-15(17(19)20-4-2)16(18)14-10-7-6-9-13(12)14/h6-7,9-11,18H,3-5,8H2,1-2H3. The number of hydrogen-bond acceptors (Lipinski definition) is 3. The van der Waals surface area contributed by atoms with E-state index in [1.807, 2.05) is 24.3 Å². The number of carbonyl (C=O) groups excluding carboxylic acids is 1. The number of rotatable bonds is 5. The molecule has 0 saturated carbocycles. The quantitative estimate of drug-likeness (QED) is 0.835. The molecule has 2 aromatic carbocycles. The molecule has 0 heterocycles. The Morgan fingerprint density at radius 1 is 1.20 bits per heavy atom. The fourth-order valence-corrected chi connectivity index (χ4v) is 2.37. The number of aryl methyl sites for hydroxylation is 1. The van der Waals surface area contributed by atoms with Gasteiger partial charge in [0.2, 0.25) is 0 Å². The van der Waals surface area contributed by atoms with E-state index in [1.54, 1.807) is 13.0 Å². The van der Waals surface area contributed by atoms with Crippen molar-refractivity contribution in [1.29, 1.82) is 0 Å². The molecule has 0 aliphatic heterocycles. The molecule has 3 nitrogen and oxygen atoms in total. The summed E-state index contributed by atoms with van der Waals surface area (Å²) >= 11 is 0. The highest BCUT2D eigenvalue weighted by molar-refractivity contribution is 6.02. The Morgan fingerprint density at radius 2 is 1.90 bits per heavy atom. The minimum Gasteiger partial charge on any atom is -0.506 e. The summed E-state index contributed by atoms with van der Waals surface area (Å²) in [4.78, 5) is 12.0. The summed E-state index contributed by atoms with van der Waals surface area (Å²) in [5.41, 5.74) is 1.35. The van der Waals surface area contributed by atoms with Crippen molar-refractivity contribution in [2.45, 2.75) is 33.1 Å². The molecule has 0 aromatic heterocycles. The van der Waals surface area contributed by atoms with E-state index in [-0.39, 0.29) is 11.3 Å². The second-order valence-electron chi connectivity index (χ2n) is 4.80. The van der Waals surface area contributed by atoms with E-state index >= 15 is 0 Å². The molecule has 0 saturated heterocycles. The average Bonchev–Trinajstić information content (AvgIpc) is 2.47. The van der Waals surface area contributed by atoms with Crippen LogP contribution in [0, 0.1) is 0 Å². The topological polar surface area (TPSA) is 46.5 Å². The molecule has 1 N–H and O–H groups in total. The van der Waals surface area contributed by atoms with Crippen LogP contribution in [0.1, 0.15) is 42.6 Å². The third-order valence-electron chi connectivity index (χ3n) is 3.40. The first kappa shape index (κ1) is 14.4. The Kier molecular flexibility index (Phi) is 4.61. The molecular formula is C17H20O3. The third-order valence-corrected chi connectivity index (χ3v) is 3.40. The van der Waals surface area contributed by atoms with E-state index in [0.717, 1.165) is 30.2 Å². The van der Waals surface area contributed by atoms with E-state index in [4.69, 9.17) is 4.74 Å². The molecule has 2 aromatic rings. The van der Waals surface area contributed by atoms with Crippen molar-refractivity contribution in [3.63, 3.8) is 0 Å². The minimum absolute atomic E-state index is 0.0132. The van der Waals surface area contributed by atoms with Gasteiger partial charge in [0.1, 0.15) is 11.3 Å². The summed E-state index contributed by atoms with van der Waals surface area (Å²) in [6.07, 6.45) is 3.03. The maximum absolute atomic E-state index is 12.0. The van der Waals surface area contributed by atoms with Gasteiger partial charge in [0, 0.05) is 5.39 Å². The maximum Gasteiger partial charge on any atom is 0.341 e. The molecule has 0 amide bonds. The first-order valence-corrected chi connectivity index (χ1v) is 7.09. The smallest absolute Gasteiger partial charge is 0.341 e. The van der Waals surface area contributed by atoms with Gasteiger partial charge in [0.25, 0.3) is 0 Å². The number of fused-ring (bicyclic) bond motifs is 1. The zero-order valence-electron chi connectivity index (χ0n) is 12.0. The second-order valence-corrected chi connectivity index (χ2v) is 4.80. The fraction of sp³-hybridized carbons (Fsp3) is 0.353. The number of carbonyl (C=O) groups is 1. The van der Waals surface area contributed by atoms with E-state index in [2.05, 4.69) is 6.92 Å². The zero-order chi connectivity index (χ0) is 14.5. The summed E-state index contributed by atoms with van der Waals surface area (Å²) in [7, 11) is 0. The van der Waals surface area contributed by atoms with E-state index in [0.29, 0.717) is 12.0 Å². The lowest BCUT2D eigenvalue weighted by atomic mass is 9.96. The van der Waals surface area contributed by atoms with Crippen LogP contribution in [0.5, 0.6) is 5.75 Å². The molecule has 0 fully saturated rings. The van der Waals surface area contributed by atoms with Crippen LogP contribution in [-0.4, -0.2) is 17.7 Å². The molecule has 20 heavy (non-hydrogen) atoms. The molecule has 106 valence electrons. The molecule has 0 aliphatic rings. The number of unbranched alkanes of at least 4 members (excludes halogenated alkanes) is 1. The Morgan fingerprint density at radius 3 is 2.55 bits per heavy atom. The van der Waals surface area contributed by atoms with Crippen molar-refractivity contribution in [2.75, 3.05) is 6.61 Å². The minimum atomic E-state index is -0.464. The lowest BCUT2D eigenvalue weighted by Crippen LogP contribution is -2.06. The fourth-order valence-electron chi connectivity index (χ4n) is 2.37. The number of esters is 1. The number of hydrogen-bond donors (Lipinski definition) is 1. The van der Waals surface area contributed by atoms with Gasteiger partial charge in [-0.05, 0) is 36.8 Å². The summed E-state index contributed by atoms with van der Waals surface area (Å²) in [6, 6.07) is 9.39. The van der Waals surface area contributed by atoms with Crippen LogP contribution in [0.4, 0.5) is 0 Å². The van der Waals surface area contributed by atoms with Crippen LogP contribution >= 0.6 is 0 Å². The van der Waals surface area contributed by atoms with Crippen molar-refractivity contribution in [3.8, 4) is 5.75 Å². The number of benzene rings is 2. The SMILES string of the molecule is CCCCc1cc(C(=O)OCC)c(O)c2ccccc12. The summed E-state index contributed by atoms with van der Waals surface area (Å²) < 4.78 is 5.02. The van der Waals surface area contributed by atoms with Crippen LogP contribution in [0.15, 0.2) is 30.3 Å². The first-order chi connectivity index (χ1) is 9.69. The summed E-state index contributed by atoms with van der Waals surface area (Å²) in [5.74, 6) is -0.451. The molecule has 3 heteroatoms. The summed E-state index contributed by atoms with van der Waals surface area (Å²) in [5, 5.41) is 12.0. The number of phenolic OH excluding ortho intramolecular Hbond substituents is 1. The molecule has 0 atom stereocenters. The average molecular weight is 272 g/mol.